The van der Waals surface area contributed by atoms with Gasteiger partial charge in [0.15, 0.2) is 0 Å². The molecule has 1 N–H and O–H groups in total. The zero-order chi connectivity index (χ0) is 42.3. The number of nitrogens with zero attached hydrogens (tertiary/aromatic N) is 1. The first-order valence-electron chi connectivity index (χ1n) is 20.0. The average Bonchev–Trinajstić information content (AvgIpc) is 3.68. The third-order valence-corrected chi connectivity index (χ3v) is 17.9. The van der Waals surface area contributed by atoms with E-state index in [1.54, 1.807) is 0 Å². The van der Waals surface area contributed by atoms with Crippen LogP contribution in [0.25, 0.3) is 21.5 Å². The predicted octanol–water partition coefficient (Wildman–Crippen LogP) is 11.3. The minimum atomic E-state index is -4.56. The van der Waals surface area contributed by atoms with Crippen LogP contribution in [0.2, 0.25) is 0 Å². The molecule has 308 valence electrons. The van der Waals surface area contributed by atoms with E-state index in [1.807, 2.05) is 36.4 Å². The Hall–Kier alpha value is -4.58. The molecule has 0 amide bonds. The van der Waals surface area contributed by atoms with Crippen molar-refractivity contribution < 1.29 is 31.4 Å². The molecule has 10 heteroatoms. The highest BCUT2D eigenvalue weighted by Crippen LogP contribution is 2.58. The first kappa shape index (κ1) is 42.1. The lowest BCUT2D eigenvalue weighted by Gasteiger charge is -2.40. The summed E-state index contributed by atoms with van der Waals surface area (Å²) in [6.45, 7) is 2.20. The number of aliphatic hydroxyl groups is 1. The summed E-state index contributed by atoms with van der Waals surface area (Å²) in [4.78, 5) is 2.20. The number of halogens is 6. The molecule has 0 heterocycles. The number of rotatable bonds is 10. The van der Waals surface area contributed by atoms with Crippen molar-refractivity contribution in [3.63, 3.8) is 0 Å². The van der Waals surface area contributed by atoms with Gasteiger partial charge in [0.05, 0.1) is 17.2 Å². The van der Waals surface area contributed by atoms with E-state index in [9.17, 15) is 31.4 Å². The van der Waals surface area contributed by atoms with Crippen molar-refractivity contribution in [1.29, 1.82) is 0 Å². The van der Waals surface area contributed by atoms with Gasteiger partial charge < -0.3 is 10.0 Å². The molecule has 4 unspecified atom stereocenters. The zero-order valence-electron chi connectivity index (χ0n) is 33.4. The Morgan fingerprint density at radius 1 is 0.550 bits per heavy atom. The first-order valence-corrected chi connectivity index (χ1v) is 22.8. The second-order valence-corrected chi connectivity index (χ2v) is 20.4. The average molecular weight is 852 g/mol. The van der Waals surface area contributed by atoms with Crippen LogP contribution in [-0.2, 0) is 12.4 Å². The van der Waals surface area contributed by atoms with Gasteiger partial charge >= 0.3 is 12.4 Å². The fourth-order valence-corrected chi connectivity index (χ4v) is 15.2. The van der Waals surface area contributed by atoms with Gasteiger partial charge in [0.1, 0.15) is 0 Å². The van der Waals surface area contributed by atoms with Crippen LogP contribution in [0.5, 0.6) is 0 Å². The van der Waals surface area contributed by atoms with E-state index in [2.05, 4.69) is 98.7 Å². The summed E-state index contributed by atoms with van der Waals surface area (Å²) in [6, 6.07) is 47.2. The van der Waals surface area contributed by atoms with E-state index in [1.165, 1.54) is 45.6 Å². The molecule has 5 atom stereocenters. The number of benzene rings is 7. The van der Waals surface area contributed by atoms with E-state index in [0.717, 1.165) is 47.9 Å². The molecule has 0 radical (unpaired) electrons. The molecule has 7 aromatic carbocycles. The van der Waals surface area contributed by atoms with Gasteiger partial charge in [-0.15, -0.1) is 0 Å². The Labute approximate surface area is 349 Å². The van der Waals surface area contributed by atoms with Crippen molar-refractivity contribution in [2.24, 2.45) is 11.8 Å². The maximum absolute atomic E-state index is 13.8. The lowest BCUT2D eigenvalue weighted by molar-refractivity contribution is -0.138. The highest BCUT2D eigenvalue weighted by atomic mass is 31.1. The van der Waals surface area contributed by atoms with Crippen LogP contribution in [0, 0.1) is 11.8 Å². The van der Waals surface area contributed by atoms with Crippen LogP contribution >= 0.6 is 15.8 Å². The number of hydrogen-bond donors (Lipinski definition) is 1. The molecule has 0 saturated heterocycles. The van der Waals surface area contributed by atoms with Crippen molar-refractivity contribution in [3.8, 4) is 0 Å². The normalized spacial score (nSPS) is 18.5. The van der Waals surface area contributed by atoms with Crippen LogP contribution < -0.4 is 26.5 Å². The summed E-state index contributed by atoms with van der Waals surface area (Å²) in [5.41, 5.74) is -0.976. The van der Waals surface area contributed by atoms with Gasteiger partial charge in [-0.25, -0.2) is 0 Å². The monoisotopic (exact) mass is 851 g/mol. The van der Waals surface area contributed by atoms with E-state index in [4.69, 9.17) is 0 Å². The standard InChI is InChI=1S/C50H45F6NOP2/c1-32(57(2)3)39-30-31-46(60(43-20-10-14-33-12-4-6-16-40(33)43)44-21-11-15-34-13-5-7-17-41(34)44)47(39)48(58)42-18-8-9-19-45(42)59(37-26-22-35(23-27-37)49(51,52)53)38-28-24-36(25-29-38)50(54,55)56/h4-29,32,39,46-48,58H,30-31H2,1-3H3/t32?,39?,46?,47?,48-/m0/s1. The highest BCUT2D eigenvalue weighted by molar-refractivity contribution is 7.80. The Morgan fingerprint density at radius 3 is 1.47 bits per heavy atom. The van der Waals surface area contributed by atoms with E-state index in [0.29, 0.717) is 21.5 Å². The molecule has 1 fully saturated rings. The van der Waals surface area contributed by atoms with Crippen molar-refractivity contribution in [1.82, 2.24) is 4.90 Å². The molecule has 0 spiro atoms. The highest BCUT2D eigenvalue weighted by Gasteiger charge is 2.48. The lowest BCUT2D eigenvalue weighted by atomic mass is 9.82. The largest absolute Gasteiger partial charge is 0.416 e. The first-order chi connectivity index (χ1) is 28.7. The van der Waals surface area contributed by atoms with E-state index in [-0.39, 0.29) is 23.5 Å². The van der Waals surface area contributed by atoms with Gasteiger partial charge in [-0.05, 0) is 139 Å². The van der Waals surface area contributed by atoms with Crippen molar-refractivity contribution in [3.05, 3.63) is 174 Å². The van der Waals surface area contributed by atoms with Crippen LogP contribution in [-0.4, -0.2) is 35.8 Å². The maximum Gasteiger partial charge on any atom is 0.416 e. The third-order valence-electron chi connectivity index (χ3n) is 12.3. The van der Waals surface area contributed by atoms with E-state index < -0.39 is 45.4 Å². The number of hydrogen-bond acceptors (Lipinski definition) is 2. The molecule has 8 rings (SSSR count). The Morgan fingerprint density at radius 2 is 0.983 bits per heavy atom. The van der Waals surface area contributed by atoms with Gasteiger partial charge in [-0.1, -0.05) is 133 Å². The third kappa shape index (κ3) is 8.25. The summed E-state index contributed by atoms with van der Waals surface area (Å²) in [5, 5.41) is 22.2. The van der Waals surface area contributed by atoms with Gasteiger partial charge in [-0.2, -0.15) is 26.3 Å². The van der Waals surface area contributed by atoms with Gasteiger partial charge in [0.25, 0.3) is 0 Å². The second kappa shape index (κ2) is 17.1. The van der Waals surface area contributed by atoms with Gasteiger partial charge in [0.2, 0.25) is 0 Å². The lowest BCUT2D eigenvalue weighted by Crippen LogP contribution is -2.40. The molecule has 1 aliphatic rings. The summed E-state index contributed by atoms with van der Waals surface area (Å²) in [5.74, 6) is -0.198. The number of aliphatic hydroxyl groups excluding tert-OH is 1. The topological polar surface area (TPSA) is 23.5 Å². The zero-order valence-corrected chi connectivity index (χ0v) is 35.2. The summed E-state index contributed by atoms with van der Waals surface area (Å²) in [6.07, 6.45) is -8.41. The fourth-order valence-electron chi connectivity index (χ4n) is 9.22. The quantitative estimate of drug-likeness (QED) is 0.109. The fraction of sp³-hybridized carbons (Fsp3) is 0.240. The van der Waals surface area contributed by atoms with Gasteiger partial charge in [-0.3, -0.25) is 0 Å². The van der Waals surface area contributed by atoms with E-state index >= 15 is 0 Å². The van der Waals surface area contributed by atoms with Crippen LogP contribution in [0.1, 0.15) is 42.6 Å². The molecule has 1 saturated carbocycles. The smallest absolute Gasteiger partial charge is 0.388 e. The van der Waals surface area contributed by atoms with Crippen LogP contribution in [0.3, 0.4) is 0 Å². The Balaban J connectivity index is 1.32. The molecule has 60 heavy (non-hydrogen) atoms. The minimum absolute atomic E-state index is 0.00966. The Bertz CT molecular complexity index is 2440. The Kier molecular flexibility index (Phi) is 12.0. The minimum Gasteiger partial charge on any atom is -0.388 e. The molecule has 2 nitrogen and oxygen atoms in total. The molecule has 1 aliphatic carbocycles. The number of alkyl halides is 6. The molecule has 7 aromatic rings. The molecule has 0 bridgehead atoms. The second-order valence-electron chi connectivity index (χ2n) is 15.9. The van der Waals surface area contributed by atoms with Crippen molar-refractivity contribution in [2.45, 2.75) is 49.9 Å². The van der Waals surface area contributed by atoms with Crippen molar-refractivity contribution >= 4 is 63.9 Å². The number of fused-ring (bicyclic) bond motifs is 2. The van der Waals surface area contributed by atoms with Crippen molar-refractivity contribution in [2.75, 3.05) is 14.1 Å². The van der Waals surface area contributed by atoms with Gasteiger partial charge in [0, 0.05) is 12.0 Å². The molecular formula is C50H45F6NOP2. The summed E-state index contributed by atoms with van der Waals surface area (Å²) >= 11 is 0. The molecule has 0 aromatic heterocycles. The summed E-state index contributed by atoms with van der Waals surface area (Å²) < 4.78 is 82.8. The maximum atomic E-state index is 13.8. The molecular weight excluding hydrogens is 806 g/mol. The summed E-state index contributed by atoms with van der Waals surface area (Å²) in [7, 11) is 1.29. The van der Waals surface area contributed by atoms with Crippen LogP contribution in [0.15, 0.2) is 158 Å². The predicted molar refractivity (Wildman–Crippen MR) is 237 cm³/mol. The molecule has 0 aliphatic heterocycles. The SMILES string of the molecule is CC(C1CCC(P(c2cccc3ccccc23)c2cccc3ccccc23)C1[C@@H](O)c1ccccc1P(c1ccc(C(F)(F)F)cc1)c1ccc(C(F)(F)F)cc1)N(C)C. The van der Waals surface area contributed by atoms with Crippen LogP contribution in [0.4, 0.5) is 26.3 Å².